The van der Waals surface area contributed by atoms with Gasteiger partial charge in [-0.3, -0.25) is 4.68 Å². The van der Waals surface area contributed by atoms with Gasteiger partial charge in [-0.05, 0) is 52.1 Å². The fourth-order valence-electron chi connectivity index (χ4n) is 1.89. The normalized spacial score (nSPS) is 13.7. The minimum absolute atomic E-state index is 0.0690. The number of aromatic nitrogens is 2. The lowest BCUT2D eigenvalue weighted by Gasteiger charge is -2.25. The molecule has 0 amide bonds. The average Bonchev–Trinajstić information content (AvgIpc) is 2.73. The van der Waals surface area contributed by atoms with E-state index in [1.807, 2.05) is 17.9 Å². The van der Waals surface area contributed by atoms with Crippen molar-refractivity contribution >= 4 is 0 Å². The van der Waals surface area contributed by atoms with E-state index in [-0.39, 0.29) is 5.60 Å². The van der Waals surface area contributed by atoms with E-state index in [0.717, 1.165) is 32.4 Å². The maximum Gasteiger partial charge on any atom is 0.0626 e. The van der Waals surface area contributed by atoms with E-state index in [4.69, 9.17) is 4.74 Å². The van der Waals surface area contributed by atoms with E-state index in [1.54, 1.807) is 0 Å². The highest BCUT2D eigenvalue weighted by Crippen LogP contribution is 2.10. The van der Waals surface area contributed by atoms with Gasteiger partial charge in [-0.2, -0.15) is 5.10 Å². The monoisotopic (exact) mass is 267 g/mol. The molecule has 110 valence electrons. The zero-order valence-electron chi connectivity index (χ0n) is 13.1. The molecule has 1 aromatic heterocycles. The Balaban J connectivity index is 2.40. The fraction of sp³-hybridized carbons (Fsp3) is 0.800. The molecule has 0 aliphatic heterocycles. The molecule has 1 atom stereocenters. The summed E-state index contributed by atoms with van der Waals surface area (Å²) in [5.74, 6) is 0. The summed E-state index contributed by atoms with van der Waals surface area (Å²) < 4.78 is 7.76. The van der Waals surface area contributed by atoms with Crippen LogP contribution in [0.3, 0.4) is 0 Å². The van der Waals surface area contributed by atoms with Gasteiger partial charge in [-0.25, -0.2) is 0 Å². The second-order valence-electron chi connectivity index (χ2n) is 6.14. The van der Waals surface area contributed by atoms with Crippen molar-refractivity contribution in [1.29, 1.82) is 0 Å². The summed E-state index contributed by atoms with van der Waals surface area (Å²) in [4.78, 5) is 0. The van der Waals surface area contributed by atoms with Crippen molar-refractivity contribution in [2.24, 2.45) is 7.05 Å². The molecule has 0 aromatic carbocycles. The molecule has 1 heterocycles. The van der Waals surface area contributed by atoms with Gasteiger partial charge in [-0.15, -0.1) is 0 Å². The van der Waals surface area contributed by atoms with E-state index in [1.165, 1.54) is 5.56 Å². The van der Waals surface area contributed by atoms with Gasteiger partial charge in [0.15, 0.2) is 0 Å². The summed E-state index contributed by atoms with van der Waals surface area (Å²) >= 11 is 0. The van der Waals surface area contributed by atoms with Crippen molar-refractivity contribution in [1.82, 2.24) is 15.1 Å². The standard InChI is InChI=1S/C15H29N3O/c1-6-9-16-14(12-19-15(2,3)4)8-7-13-10-17-18(5)11-13/h10-11,14,16H,6-9,12H2,1-5H3. The smallest absolute Gasteiger partial charge is 0.0626 e. The van der Waals surface area contributed by atoms with Crippen LogP contribution in [0.2, 0.25) is 0 Å². The van der Waals surface area contributed by atoms with Crippen LogP contribution in [0.15, 0.2) is 12.4 Å². The van der Waals surface area contributed by atoms with Gasteiger partial charge in [0, 0.05) is 19.3 Å². The van der Waals surface area contributed by atoms with Gasteiger partial charge in [0.25, 0.3) is 0 Å². The van der Waals surface area contributed by atoms with Crippen molar-refractivity contribution < 1.29 is 4.74 Å². The molecule has 0 saturated carbocycles. The molecule has 1 aromatic rings. The minimum Gasteiger partial charge on any atom is -0.374 e. The second-order valence-corrected chi connectivity index (χ2v) is 6.14. The Kier molecular flexibility index (Phi) is 6.52. The van der Waals surface area contributed by atoms with E-state index >= 15 is 0 Å². The topological polar surface area (TPSA) is 39.1 Å². The van der Waals surface area contributed by atoms with Crippen molar-refractivity contribution in [3.63, 3.8) is 0 Å². The quantitative estimate of drug-likeness (QED) is 0.786. The molecule has 4 nitrogen and oxygen atoms in total. The summed E-state index contributed by atoms with van der Waals surface area (Å²) in [5, 5.41) is 7.77. The Morgan fingerprint density at radius 3 is 2.68 bits per heavy atom. The maximum atomic E-state index is 5.90. The van der Waals surface area contributed by atoms with Crippen LogP contribution in [0.4, 0.5) is 0 Å². The summed E-state index contributed by atoms with van der Waals surface area (Å²) in [5.41, 5.74) is 1.22. The lowest BCUT2D eigenvalue weighted by atomic mass is 10.1. The molecular formula is C15H29N3O. The Labute approximate surface area is 117 Å². The third-order valence-electron chi connectivity index (χ3n) is 2.94. The molecule has 0 spiro atoms. The van der Waals surface area contributed by atoms with E-state index in [0.29, 0.717) is 6.04 Å². The Morgan fingerprint density at radius 1 is 1.42 bits per heavy atom. The lowest BCUT2D eigenvalue weighted by Crippen LogP contribution is -2.37. The average molecular weight is 267 g/mol. The van der Waals surface area contributed by atoms with Crippen LogP contribution in [-0.2, 0) is 18.2 Å². The zero-order chi connectivity index (χ0) is 14.3. The molecule has 0 saturated heterocycles. The van der Waals surface area contributed by atoms with Gasteiger partial charge in [0.2, 0.25) is 0 Å². The van der Waals surface area contributed by atoms with Crippen LogP contribution >= 0.6 is 0 Å². The van der Waals surface area contributed by atoms with Crippen molar-refractivity contribution in [2.75, 3.05) is 13.2 Å². The van der Waals surface area contributed by atoms with E-state index < -0.39 is 0 Å². The molecule has 0 aliphatic rings. The zero-order valence-corrected chi connectivity index (χ0v) is 13.1. The first-order valence-corrected chi connectivity index (χ1v) is 7.25. The number of aryl methyl sites for hydroxylation is 2. The van der Waals surface area contributed by atoms with Crippen molar-refractivity contribution in [3.8, 4) is 0 Å². The summed E-state index contributed by atoms with van der Waals surface area (Å²) in [7, 11) is 1.96. The van der Waals surface area contributed by atoms with Gasteiger partial charge in [0.05, 0.1) is 18.4 Å². The first-order chi connectivity index (χ1) is 8.90. The Bertz CT molecular complexity index is 355. The van der Waals surface area contributed by atoms with Crippen LogP contribution < -0.4 is 5.32 Å². The molecule has 1 N–H and O–H groups in total. The van der Waals surface area contributed by atoms with Gasteiger partial charge in [0.1, 0.15) is 0 Å². The molecule has 4 heteroatoms. The number of nitrogens with zero attached hydrogens (tertiary/aromatic N) is 2. The van der Waals surface area contributed by atoms with Crippen LogP contribution in [0, 0.1) is 0 Å². The maximum absolute atomic E-state index is 5.90. The second kappa shape index (κ2) is 7.65. The fourth-order valence-corrected chi connectivity index (χ4v) is 1.89. The lowest BCUT2D eigenvalue weighted by molar-refractivity contribution is -0.0153. The van der Waals surface area contributed by atoms with Gasteiger partial charge >= 0.3 is 0 Å². The molecule has 0 aliphatic carbocycles. The first kappa shape index (κ1) is 16.2. The van der Waals surface area contributed by atoms with Crippen molar-refractivity contribution in [2.45, 2.75) is 58.6 Å². The highest BCUT2D eigenvalue weighted by Gasteiger charge is 2.15. The molecule has 1 unspecified atom stereocenters. The van der Waals surface area contributed by atoms with Crippen LogP contribution in [-0.4, -0.2) is 34.6 Å². The SMILES string of the molecule is CCCNC(CCc1cnn(C)c1)COC(C)(C)C. The highest BCUT2D eigenvalue weighted by atomic mass is 16.5. The Hall–Kier alpha value is -0.870. The van der Waals surface area contributed by atoms with Gasteiger partial charge < -0.3 is 10.1 Å². The molecule has 19 heavy (non-hydrogen) atoms. The van der Waals surface area contributed by atoms with Gasteiger partial charge in [-0.1, -0.05) is 6.92 Å². The van der Waals surface area contributed by atoms with E-state index in [2.05, 4.69) is 44.3 Å². The number of ether oxygens (including phenoxy) is 1. The molecule has 0 radical (unpaired) electrons. The Morgan fingerprint density at radius 2 is 2.16 bits per heavy atom. The molecular weight excluding hydrogens is 238 g/mol. The number of hydrogen-bond acceptors (Lipinski definition) is 3. The van der Waals surface area contributed by atoms with E-state index in [9.17, 15) is 0 Å². The molecule has 1 rings (SSSR count). The first-order valence-electron chi connectivity index (χ1n) is 7.25. The predicted octanol–water partition coefficient (Wildman–Crippen LogP) is 2.54. The minimum atomic E-state index is -0.0690. The molecule has 0 fully saturated rings. The summed E-state index contributed by atoms with van der Waals surface area (Å²) in [6.45, 7) is 10.3. The van der Waals surface area contributed by atoms with Crippen molar-refractivity contribution in [3.05, 3.63) is 18.0 Å². The highest BCUT2D eigenvalue weighted by molar-refractivity contribution is 5.04. The molecule has 0 bridgehead atoms. The predicted molar refractivity (Wildman–Crippen MR) is 79.3 cm³/mol. The third-order valence-corrected chi connectivity index (χ3v) is 2.94. The largest absolute Gasteiger partial charge is 0.374 e. The third kappa shape index (κ3) is 7.33. The van der Waals surface area contributed by atoms with Crippen LogP contribution in [0.5, 0.6) is 0 Å². The number of hydrogen-bond donors (Lipinski definition) is 1. The number of nitrogens with one attached hydrogen (secondary N) is 1. The van der Waals surface area contributed by atoms with Crippen LogP contribution in [0.1, 0.15) is 46.1 Å². The van der Waals surface area contributed by atoms with Crippen LogP contribution in [0.25, 0.3) is 0 Å². The number of rotatable bonds is 8. The summed E-state index contributed by atoms with van der Waals surface area (Å²) in [6.07, 6.45) is 7.31. The summed E-state index contributed by atoms with van der Waals surface area (Å²) in [6, 6.07) is 0.416.